The number of hydrogen-bond acceptors (Lipinski definition) is 3. The summed E-state index contributed by atoms with van der Waals surface area (Å²) in [5, 5.41) is 13.5. The molecule has 0 unspecified atom stereocenters. The number of benzene rings is 1. The molecule has 0 fully saturated rings. The Balaban J connectivity index is 2.88. The number of carboxylic acid groups (broad SMARTS) is 1. The van der Waals surface area contributed by atoms with E-state index in [-0.39, 0.29) is 18.4 Å². The van der Waals surface area contributed by atoms with Gasteiger partial charge in [0.15, 0.2) is 0 Å². The fraction of sp³-hybridized carbons (Fsp3) is 0.214. The average molecular weight is 276 g/mol. The van der Waals surface area contributed by atoms with Gasteiger partial charge in [-0.1, -0.05) is 12.1 Å². The van der Waals surface area contributed by atoms with Crippen molar-refractivity contribution in [2.75, 3.05) is 13.6 Å². The van der Waals surface area contributed by atoms with Gasteiger partial charge in [-0.2, -0.15) is 0 Å². The van der Waals surface area contributed by atoms with Crippen molar-refractivity contribution in [1.82, 2.24) is 10.6 Å². The van der Waals surface area contributed by atoms with Crippen LogP contribution in [0.4, 0.5) is 0 Å². The Morgan fingerprint density at radius 2 is 2.00 bits per heavy atom. The summed E-state index contributed by atoms with van der Waals surface area (Å²) in [6, 6.07) is 5.01. The van der Waals surface area contributed by atoms with Crippen molar-refractivity contribution in [2.24, 2.45) is 0 Å². The lowest BCUT2D eigenvalue weighted by molar-refractivity contribution is -0.131. The highest BCUT2D eigenvalue weighted by atomic mass is 16.4. The van der Waals surface area contributed by atoms with Crippen molar-refractivity contribution in [3.8, 4) is 0 Å². The van der Waals surface area contributed by atoms with Crippen LogP contribution in [0, 0.1) is 6.92 Å². The zero-order valence-corrected chi connectivity index (χ0v) is 11.3. The monoisotopic (exact) mass is 276 g/mol. The van der Waals surface area contributed by atoms with Gasteiger partial charge in [-0.3, -0.25) is 9.59 Å². The first-order valence-corrected chi connectivity index (χ1v) is 5.94. The van der Waals surface area contributed by atoms with Crippen molar-refractivity contribution in [1.29, 1.82) is 0 Å². The molecule has 0 bridgehead atoms. The van der Waals surface area contributed by atoms with E-state index in [9.17, 15) is 14.4 Å². The van der Waals surface area contributed by atoms with E-state index in [0.29, 0.717) is 11.1 Å². The van der Waals surface area contributed by atoms with E-state index in [1.165, 1.54) is 13.1 Å². The molecule has 2 amide bonds. The van der Waals surface area contributed by atoms with Gasteiger partial charge in [0.25, 0.3) is 5.91 Å². The predicted molar refractivity (Wildman–Crippen MR) is 74.2 cm³/mol. The molecule has 0 saturated carbocycles. The molecule has 1 aromatic carbocycles. The van der Waals surface area contributed by atoms with Crippen LogP contribution in [0.25, 0.3) is 6.08 Å². The number of nitrogens with one attached hydrogen (secondary N) is 2. The van der Waals surface area contributed by atoms with E-state index >= 15 is 0 Å². The van der Waals surface area contributed by atoms with Crippen LogP contribution in [-0.4, -0.2) is 36.5 Å². The molecule has 0 radical (unpaired) electrons. The van der Waals surface area contributed by atoms with E-state index in [1.807, 2.05) is 0 Å². The summed E-state index contributed by atoms with van der Waals surface area (Å²) in [5.74, 6) is -1.73. The maximum atomic E-state index is 11.9. The lowest BCUT2D eigenvalue weighted by Crippen LogP contribution is -2.35. The highest BCUT2D eigenvalue weighted by Crippen LogP contribution is 2.12. The topological polar surface area (TPSA) is 95.5 Å². The first-order valence-electron chi connectivity index (χ1n) is 5.94. The van der Waals surface area contributed by atoms with Crippen molar-refractivity contribution >= 4 is 23.9 Å². The van der Waals surface area contributed by atoms with Crippen LogP contribution in [0.5, 0.6) is 0 Å². The Morgan fingerprint density at radius 3 is 2.60 bits per heavy atom. The Morgan fingerprint density at radius 1 is 1.30 bits per heavy atom. The summed E-state index contributed by atoms with van der Waals surface area (Å²) in [7, 11) is 1.48. The third kappa shape index (κ3) is 4.56. The average Bonchev–Trinajstić information content (AvgIpc) is 2.43. The van der Waals surface area contributed by atoms with Gasteiger partial charge < -0.3 is 15.7 Å². The number of rotatable bonds is 5. The molecular formula is C14H16N2O4. The summed E-state index contributed by atoms with van der Waals surface area (Å²) >= 11 is 0. The van der Waals surface area contributed by atoms with Crippen LogP contribution in [0.1, 0.15) is 21.5 Å². The van der Waals surface area contributed by atoms with Gasteiger partial charge in [0, 0.05) is 18.7 Å². The first kappa shape index (κ1) is 15.4. The number of amides is 2. The molecule has 1 aromatic rings. The molecule has 1 rings (SSSR count). The van der Waals surface area contributed by atoms with Gasteiger partial charge in [-0.25, -0.2) is 4.79 Å². The minimum absolute atomic E-state index is 0.107. The zero-order valence-electron chi connectivity index (χ0n) is 11.3. The van der Waals surface area contributed by atoms with E-state index in [1.54, 1.807) is 25.1 Å². The Labute approximate surface area is 116 Å². The highest BCUT2D eigenvalue weighted by molar-refractivity contribution is 5.98. The summed E-state index contributed by atoms with van der Waals surface area (Å²) in [5.41, 5.74) is 1.75. The van der Waals surface area contributed by atoms with Gasteiger partial charge >= 0.3 is 5.97 Å². The van der Waals surface area contributed by atoms with Gasteiger partial charge in [0.1, 0.15) is 0 Å². The third-order valence-electron chi connectivity index (χ3n) is 2.61. The molecule has 6 nitrogen and oxygen atoms in total. The van der Waals surface area contributed by atoms with E-state index in [4.69, 9.17) is 5.11 Å². The molecule has 6 heteroatoms. The molecule has 106 valence electrons. The smallest absolute Gasteiger partial charge is 0.328 e. The number of likely N-dealkylation sites (N-methyl/N-ethyl adjacent to an activating group) is 1. The molecule has 0 aliphatic rings. The standard InChI is InChI=1S/C14H16N2O4/c1-9-3-4-10(5-6-13(18)19)7-11(9)14(20)16-8-12(17)15-2/h3-7H,8H2,1-2H3,(H,15,17)(H,16,20)(H,18,19). The summed E-state index contributed by atoms with van der Waals surface area (Å²) in [4.78, 5) is 33.5. The van der Waals surface area contributed by atoms with E-state index in [2.05, 4.69) is 10.6 Å². The zero-order chi connectivity index (χ0) is 15.1. The van der Waals surface area contributed by atoms with Gasteiger partial charge in [-0.05, 0) is 30.2 Å². The predicted octanol–water partition coefficient (Wildman–Crippen LogP) is 0.569. The SMILES string of the molecule is CNC(=O)CNC(=O)c1cc(C=CC(=O)O)ccc1C. The number of carbonyl (C=O) groups excluding carboxylic acids is 2. The van der Waals surface area contributed by atoms with Crippen LogP contribution in [0.15, 0.2) is 24.3 Å². The van der Waals surface area contributed by atoms with Crippen molar-refractivity contribution < 1.29 is 19.5 Å². The van der Waals surface area contributed by atoms with Crippen LogP contribution >= 0.6 is 0 Å². The quantitative estimate of drug-likeness (QED) is 0.685. The lowest BCUT2D eigenvalue weighted by atomic mass is 10.0. The fourth-order valence-electron chi connectivity index (χ4n) is 1.50. The Kier molecular flexibility index (Phi) is 5.46. The van der Waals surface area contributed by atoms with Crippen LogP contribution < -0.4 is 10.6 Å². The van der Waals surface area contributed by atoms with Gasteiger partial charge in [0.2, 0.25) is 5.91 Å². The lowest BCUT2D eigenvalue weighted by Gasteiger charge is -2.08. The number of aliphatic carboxylic acids is 1. The van der Waals surface area contributed by atoms with Crippen LogP contribution in [0.2, 0.25) is 0 Å². The summed E-state index contributed by atoms with van der Waals surface area (Å²) in [6.07, 6.45) is 2.40. The molecule has 0 atom stereocenters. The second-order valence-corrected chi connectivity index (χ2v) is 4.10. The second kappa shape index (κ2) is 7.08. The molecular weight excluding hydrogens is 260 g/mol. The largest absolute Gasteiger partial charge is 0.478 e. The summed E-state index contributed by atoms with van der Waals surface area (Å²) < 4.78 is 0. The number of carbonyl (C=O) groups is 3. The Bertz CT molecular complexity index is 564. The van der Waals surface area contributed by atoms with Crippen LogP contribution in [-0.2, 0) is 9.59 Å². The van der Waals surface area contributed by atoms with Crippen molar-refractivity contribution in [3.63, 3.8) is 0 Å². The van der Waals surface area contributed by atoms with Gasteiger partial charge in [-0.15, -0.1) is 0 Å². The molecule has 3 N–H and O–H groups in total. The minimum atomic E-state index is -1.06. The molecule has 0 heterocycles. The molecule has 0 spiro atoms. The van der Waals surface area contributed by atoms with E-state index in [0.717, 1.165) is 11.6 Å². The normalized spacial score (nSPS) is 10.3. The minimum Gasteiger partial charge on any atom is -0.478 e. The molecule has 0 aromatic heterocycles. The molecule has 0 aliphatic heterocycles. The van der Waals surface area contributed by atoms with Gasteiger partial charge in [0.05, 0.1) is 6.54 Å². The second-order valence-electron chi connectivity index (χ2n) is 4.10. The molecule has 0 saturated heterocycles. The summed E-state index contributed by atoms with van der Waals surface area (Å²) in [6.45, 7) is 1.66. The number of carboxylic acids is 1. The maximum absolute atomic E-state index is 11.9. The molecule has 0 aliphatic carbocycles. The van der Waals surface area contributed by atoms with E-state index < -0.39 is 5.97 Å². The number of aryl methyl sites for hydroxylation is 1. The fourth-order valence-corrected chi connectivity index (χ4v) is 1.50. The number of hydrogen-bond donors (Lipinski definition) is 3. The van der Waals surface area contributed by atoms with Crippen molar-refractivity contribution in [3.05, 3.63) is 41.0 Å². The molecule has 20 heavy (non-hydrogen) atoms. The maximum Gasteiger partial charge on any atom is 0.328 e. The Hall–Kier alpha value is -2.63. The third-order valence-corrected chi connectivity index (χ3v) is 2.61. The highest BCUT2D eigenvalue weighted by Gasteiger charge is 2.10. The first-order chi connectivity index (χ1) is 9.43. The van der Waals surface area contributed by atoms with Crippen LogP contribution in [0.3, 0.4) is 0 Å². The van der Waals surface area contributed by atoms with Crippen molar-refractivity contribution in [2.45, 2.75) is 6.92 Å².